The second-order valence-electron chi connectivity index (χ2n) is 8.84. The second kappa shape index (κ2) is 9.82. The van der Waals surface area contributed by atoms with E-state index in [0.717, 1.165) is 11.2 Å². The lowest BCUT2D eigenvalue weighted by molar-refractivity contribution is -0.665. The average Bonchev–Trinajstić information content (AvgIpc) is 3.40. The second-order valence-corrected chi connectivity index (χ2v) is 14.2. The molecule has 0 saturated heterocycles. The van der Waals surface area contributed by atoms with Crippen LogP contribution in [-0.2, 0) is 20.5 Å². The fourth-order valence-electron chi connectivity index (χ4n) is 4.60. The van der Waals surface area contributed by atoms with Gasteiger partial charge in [0.05, 0.1) is 21.3 Å². The van der Waals surface area contributed by atoms with Gasteiger partial charge in [-0.3, -0.25) is 13.9 Å². The first-order valence-corrected chi connectivity index (χ1v) is 16.5. The maximum Gasteiger partial charge on any atom is 0.356 e. The highest BCUT2D eigenvalue weighted by molar-refractivity contribution is 8.03. The number of nitrogens with zero attached hydrogens (tertiary/aromatic N) is 2. The molecule has 38 heavy (non-hydrogen) atoms. The summed E-state index contributed by atoms with van der Waals surface area (Å²) in [6, 6.07) is 8.90. The minimum absolute atomic E-state index is 0.0897. The van der Waals surface area contributed by atoms with E-state index in [0.29, 0.717) is 32.7 Å². The molecule has 2 aliphatic rings. The van der Waals surface area contributed by atoms with Crippen LogP contribution in [-0.4, -0.2) is 38.0 Å². The molecule has 10 nitrogen and oxygen atoms in total. The number of ketones is 1. The van der Waals surface area contributed by atoms with Gasteiger partial charge in [0, 0.05) is 29.5 Å². The van der Waals surface area contributed by atoms with Gasteiger partial charge in [-0.25, -0.2) is 0 Å². The van der Waals surface area contributed by atoms with E-state index in [2.05, 4.69) is 0 Å². The van der Waals surface area contributed by atoms with Crippen LogP contribution in [0, 0.1) is 5.92 Å². The number of carbonyl (C=O) groups excluding carboxylic acids is 1. The summed E-state index contributed by atoms with van der Waals surface area (Å²) in [7, 11) is -8.83. The van der Waals surface area contributed by atoms with Crippen molar-refractivity contribution in [1.29, 1.82) is 0 Å². The summed E-state index contributed by atoms with van der Waals surface area (Å²) in [4.78, 5) is 53.6. The van der Waals surface area contributed by atoms with E-state index < -0.39 is 27.2 Å². The van der Waals surface area contributed by atoms with Crippen molar-refractivity contribution in [2.24, 2.45) is 5.92 Å². The Bertz CT molecular complexity index is 1640. The SMILES string of the molecule is CCN1C(=CC2C(=O)C(=Cc3sc4cc(P(=O)(O)O)ccc4[n+]3CC)C2[O-])Sc2cc(P(=O)(O)O)ccc21. The Morgan fingerprint density at radius 2 is 1.71 bits per heavy atom. The third kappa shape index (κ3) is 4.75. The van der Waals surface area contributed by atoms with Gasteiger partial charge in [-0.2, -0.15) is 4.57 Å². The molecule has 2 atom stereocenters. The number of Topliss-reactive ketones (excluding diaryl/α,β-unsaturated/α-hetero) is 1. The van der Waals surface area contributed by atoms with Crippen LogP contribution >= 0.6 is 38.3 Å². The number of hydrogen-bond donors (Lipinski definition) is 4. The summed E-state index contributed by atoms with van der Waals surface area (Å²) in [5.74, 6) is -1.17. The highest BCUT2D eigenvalue weighted by Crippen LogP contribution is 2.48. The van der Waals surface area contributed by atoms with Crippen LogP contribution < -0.4 is 25.2 Å². The smallest absolute Gasteiger partial charge is 0.356 e. The van der Waals surface area contributed by atoms with Crippen molar-refractivity contribution in [2.45, 2.75) is 31.4 Å². The molecule has 1 aliphatic carbocycles. The first-order valence-electron chi connectivity index (χ1n) is 11.6. The molecule has 1 saturated carbocycles. The molecule has 5 rings (SSSR count). The van der Waals surface area contributed by atoms with E-state index in [1.54, 1.807) is 24.3 Å². The van der Waals surface area contributed by atoms with Gasteiger partial charge < -0.3 is 29.6 Å². The fourth-order valence-corrected chi connectivity index (χ4v) is 8.38. The normalized spacial score (nSPS) is 22.0. The molecule has 0 radical (unpaired) electrons. The van der Waals surface area contributed by atoms with Gasteiger partial charge in [0.1, 0.15) is 11.2 Å². The molecule has 0 spiro atoms. The monoisotopic (exact) mass is 594 g/mol. The predicted molar refractivity (Wildman–Crippen MR) is 145 cm³/mol. The Kier molecular flexibility index (Phi) is 7.09. The summed E-state index contributed by atoms with van der Waals surface area (Å²) in [6.07, 6.45) is 1.92. The number of aromatic nitrogens is 1. The first-order chi connectivity index (χ1) is 17.8. The Hall–Kier alpha value is -2.11. The van der Waals surface area contributed by atoms with E-state index in [1.165, 1.54) is 47.4 Å². The van der Waals surface area contributed by atoms with Crippen molar-refractivity contribution in [3.8, 4) is 0 Å². The largest absolute Gasteiger partial charge is 0.848 e. The van der Waals surface area contributed by atoms with Crippen LogP contribution in [0.1, 0.15) is 18.9 Å². The summed E-state index contributed by atoms with van der Waals surface area (Å²) < 4.78 is 25.9. The molecule has 2 aromatic carbocycles. The number of aryl methyl sites for hydroxylation is 1. The lowest BCUT2D eigenvalue weighted by atomic mass is 9.75. The molecule has 0 bridgehead atoms. The molecule has 2 unspecified atom stereocenters. The van der Waals surface area contributed by atoms with Crippen molar-refractivity contribution in [3.63, 3.8) is 0 Å². The number of carbonyl (C=O) groups is 1. The molecule has 1 aromatic heterocycles. The number of rotatable bonds is 6. The number of thiazole rings is 1. The molecule has 0 amide bonds. The fraction of sp³-hybridized carbons (Fsp3) is 0.250. The van der Waals surface area contributed by atoms with E-state index >= 15 is 0 Å². The number of hydrogen-bond acceptors (Lipinski definition) is 7. The topological polar surface area (TPSA) is 162 Å². The van der Waals surface area contributed by atoms with Crippen LogP contribution in [0.5, 0.6) is 0 Å². The minimum Gasteiger partial charge on any atom is -0.848 e. The van der Waals surface area contributed by atoms with Crippen molar-refractivity contribution in [2.75, 3.05) is 11.4 Å². The quantitative estimate of drug-likeness (QED) is 0.187. The van der Waals surface area contributed by atoms with Gasteiger partial charge in [-0.15, -0.1) is 0 Å². The Morgan fingerprint density at radius 1 is 1.05 bits per heavy atom. The van der Waals surface area contributed by atoms with Gasteiger partial charge in [-0.1, -0.05) is 29.2 Å². The number of fused-ring (bicyclic) bond motifs is 2. The molecular weight excluding hydrogens is 570 g/mol. The molecular formula is C24H24N2O8P2S2. The van der Waals surface area contributed by atoms with Crippen molar-refractivity contribution < 1.29 is 43.2 Å². The zero-order valence-electron chi connectivity index (χ0n) is 20.2. The molecule has 200 valence electrons. The third-order valence-electron chi connectivity index (χ3n) is 6.56. The highest BCUT2D eigenvalue weighted by atomic mass is 32.2. The van der Waals surface area contributed by atoms with Crippen LogP contribution in [0.4, 0.5) is 5.69 Å². The van der Waals surface area contributed by atoms with Gasteiger partial charge in [0.25, 0.3) is 5.01 Å². The van der Waals surface area contributed by atoms with Crippen molar-refractivity contribution >= 4 is 76.7 Å². The van der Waals surface area contributed by atoms with Crippen LogP contribution in [0.25, 0.3) is 16.3 Å². The van der Waals surface area contributed by atoms with Crippen LogP contribution in [0.3, 0.4) is 0 Å². The van der Waals surface area contributed by atoms with E-state index in [-0.39, 0.29) is 22.0 Å². The zero-order chi connectivity index (χ0) is 27.6. The zero-order valence-corrected chi connectivity index (χ0v) is 23.6. The lowest BCUT2D eigenvalue weighted by Gasteiger charge is -2.41. The summed E-state index contributed by atoms with van der Waals surface area (Å²) in [6.45, 7) is 4.90. The van der Waals surface area contributed by atoms with Crippen molar-refractivity contribution in [1.82, 2.24) is 0 Å². The van der Waals surface area contributed by atoms with Crippen LogP contribution in [0.2, 0.25) is 0 Å². The maximum atomic E-state index is 13.1. The summed E-state index contributed by atoms with van der Waals surface area (Å²) >= 11 is 2.52. The Balaban J connectivity index is 1.43. The predicted octanol–water partition coefficient (Wildman–Crippen LogP) is 1.60. The van der Waals surface area contributed by atoms with Crippen molar-refractivity contribution in [3.05, 3.63) is 58.1 Å². The van der Waals surface area contributed by atoms with Gasteiger partial charge in [0.2, 0.25) is 5.52 Å². The standard InChI is InChI=1S/C24H24N2O8P2S2/c1-3-25-17-7-5-13(35(29,30)31)9-19(17)37-21(25)11-15-23(27)16(24(15)28)12-22-26(4-2)18-8-6-14(36(32,33)34)10-20(18)38-22/h5-12,15,23H,3-4H2,1-2H3,(H2,29,30,31)(H2,32,33,34). The minimum atomic E-state index is -4.42. The third-order valence-corrected chi connectivity index (χ3v) is 10.7. The number of anilines is 1. The lowest BCUT2D eigenvalue weighted by Crippen LogP contribution is -2.52. The molecule has 4 N–H and O–H groups in total. The maximum absolute atomic E-state index is 13.1. The van der Waals surface area contributed by atoms with Crippen LogP contribution in [0.15, 0.2) is 58.0 Å². The summed E-state index contributed by atoms with van der Waals surface area (Å²) in [5, 5.41) is 14.3. The average molecular weight is 595 g/mol. The van der Waals surface area contributed by atoms with E-state index in [4.69, 9.17) is 0 Å². The number of benzene rings is 2. The molecule has 3 aromatic rings. The van der Waals surface area contributed by atoms with E-state index in [9.17, 15) is 38.6 Å². The van der Waals surface area contributed by atoms with Gasteiger partial charge >= 0.3 is 15.2 Å². The van der Waals surface area contributed by atoms with Gasteiger partial charge in [0.15, 0.2) is 5.78 Å². The number of thioether (sulfide) groups is 1. The summed E-state index contributed by atoms with van der Waals surface area (Å²) in [5.41, 5.74) is 1.65. The molecule has 14 heteroatoms. The highest BCUT2D eigenvalue weighted by Gasteiger charge is 2.39. The molecule has 1 aliphatic heterocycles. The van der Waals surface area contributed by atoms with E-state index in [1.807, 2.05) is 23.3 Å². The first kappa shape index (κ1) is 27.5. The van der Waals surface area contributed by atoms with Gasteiger partial charge in [-0.05, 0) is 55.8 Å². The Morgan fingerprint density at radius 3 is 2.32 bits per heavy atom. The molecule has 2 heterocycles. The Labute approximate surface area is 226 Å². The molecule has 1 fully saturated rings.